The molecule has 0 saturated carbocycles. The summed E-state index contributed by atoms with van der Waals surface area (Å²) in [6, 6.07) is 4.74. The van der Waals surface area contributed by atoms with Crippen LogP contribution in [0, 0.1) is 12.3 Å². The van der Waals surface area contributed by atoms with Gasteiger partial charge in [0.2, 0.25) is 11.8 Å². The van der Waals surface area contributed by atoms with Crippen LogP contribution in [-0.2, 0) is 9.59 Å². The van der Waals surface area contributed by atoms with E-state index in [2.05, 4.69) is 10.6 Å². The van der Waals surface area contributed by atoms with Gasteiger partial charge in [0, 0.05) is 18.3 Å². The summed E-state index contributed by atoms with van der Waals surface area (Å²) in [4.78, 5) is 23.2. The highest BCUT2D eigenvalue weighted by atomic mass is 35.5. The van der Waals surface area contributed by atoms with Crippen LogP contribution >= 0.6 is 12.4 Å². The van der Waals surface area contributed by atoms with Crippen molar-refractivity contribution in [2.24, 2.45) is 11.1 Å². The first-order valence-electron chi connectivity index (χ1n) is 6.56. The van der Waals surface area contributed by atoms with Crippen LogP contribution in [0.5, 0.6) is 0 Å². The lowest BCUT2D eigenvalue weighted by molar-refractivity contribution is -0.119. The summed E-state index contributed by atoms with van der Waals surface area (Å²) >= 11 is 0. The van der Waals surface area contributed by atoms with E-state index in [0.29, 0.717) is 11.4 Å². The molecular weight excluding hydrogens is 290 g/mol. The van der Waals surface area contributed by atoms with Gasteiger partial charge in [0.05, 0.1) is 6.04 Å². The molecule has 1 aromatic rings. The maximum Gasteiger partial charge on any atom is 0.241 e. The van der Waals surface area contributed by atoms with Crippen LogP contribution in [0.15, 0.2) is 18.2 Å². The molecule has 6 heteroatoms. The van der Waals surface area contributed by atoms with E-state index in [-0.39, 0.29) is 29.6 Å². The monoisotopic (exact) mass is 313 g/mol. The fourth-order valence-electron chi connectivity index (χ4n) is 1.64. The molecule has 4 N–H and O–H groups in total. The predicted molar refractivity (Wildman–Crippen MR) is 88.8 cm³/mol. The van der Waals surface area contributed by atoms with E-state index in [1.807, 2.05) is 33.8 Å². The molecule has 5 nitrogen and oxygen atoms in total. The second-order valence-electron chi connectivity index (χ2n) is 6.04. The zero-order valence-electron chi connectivity index (χ0n) is 13.1. The van der Waals surface area contributed by atoms with Crippen molar-refractivity contribution < 1.29 is 9.59 Å². The van der Waals surface area contributed by atoms with Crippen LogP contribution in [0.4, 0.5) is 11.4 Å². The molecule has 0 fully saturated rings. The van der Waals surface area contributed by atoms with Crippen LogP contribution in [0.25, 0.3) is 0 Å². The fraction of sp³-hybridized carbons (Fsp3) is 0.467. The summed E-state index contributed by atoms with van der Waals surface area (Å²) in [5.74, 6) is -0.391. The maximum atomic E-state index is 12.1. The topological polar surface area (TPSA) is 84.2 Å². The predicted octanol–water partition coefficient (Wildman–Crippen LogP) is 2.69. The summed E-state index contributed by atoms with van der Waals surface area (Å²) in [6.07, 6.45) is 0. The van der Waals surface area contributed by atoms with Crippen molar-refractivity contribution in [1.82, 2.24) is 0 Å². The highest BCUT2D eigenvalue weighted by Gasteiger charge is 2.27. The second kappa shape index (κ2) is 7.43. The smallest absolute Gasteiger partial charge is 0.241 e. The molecule has 0 unspecified atom stereocenters. The standard InChI is InChI=1S/C15H23N3O2.ClH/c1-9-6-7-11(8-12(9)17-10(2)19)18-14(20)13(16)15(3,4)5;/h6-8,13H,16H2,1-5H3,(H,17,19)(H,18,20);1H/t13-;/m1./s1. The van der Waals surface area contributed by atoms with Gasteiger partial charge < -0.3 is 16.4 Å². The van der Waals surface area contributed by atoms with Crippen LogP contribution in [-0.4, -0.2) is 17.9 Å². The van der Waals surface area contributed by atoms with Crippen LogP contribution in [0.2, 0.25) is 0 Å². The van der Waals surface area contributed by atoms with Gasteiger partial charge in [-0.3, -0.25) is 9.59 Å². The van der Waals surface area contributed by atoms with Crippen molar-refractivity contribution in [2.75, 3.05) is 10.6 Å². The quantitative estimate of drug-likeness (QED) is 0.802. The van der Waals surface area contributed by atoms with Gasteiger partial charge in [-0.15, -0.1) is 12.4 Å². The third-order valence-corrected chi connectivity index (χ3v) is 3.03. The molecule has 0 aliphatic rings. The Hall–Kier alpha value is -1.59. The average molecular weight is 314 g/mol. The van der Waals surface area contributed by atoms with Gasteiger partial charge in [-0.05, 0) is 30.0 Å². The zero-order valence-corrected chi connectivity index (χ0v) is 13.9. The minimum atomic E-state index is -0.604. The van der Waals surface area contributed by atoms with Gasteiger partial charge in [0.15, 0.2) is 0 Å². The van der Waals surface area contributed by atoms with Crippen molar-refractivity contribution in [1.29, 1.82) is 0 Å². The normalized spacial score (nSPS) is 12.1. The maximum absolute atomic E-state index is 12.1. The third-order valence-electron chi connectivity index (χ3n) is 3.03. The Balaban J connectivity index is 0.00000400. The molecule has 1 rings (SSSR count). The number of nitrogens with one attached hydrogen (secondary N) is 2. The molecule has 0 aromatic heterocycles. The number of benzene rings is 1. The number of anilines is 2. The van der Waals surface area contributed by atoms with Gasteiger partial charge in [-0.1, -0.05) is 26.8 Å². The number of hydrogen-bond acceptors (Lipinski definition) is 3. The van der Waals surface area contributed by atoms with Crippen molar-refractivity contribution in [3.8, 4) is 0 Å². The third kappa shape index (κ3) is 5.73. The Morgan fingerprint density at radius 3 is 2.24 bits per heavy atom. The minimum absolute atomic E-state index is 0. The molecule has 0 heterocycles. The van der Waals surface area contributed by atoms with Crippen LogP contribution in [0.1, 0.15) is 33.3 Å². The SMILES string of the molecule is CC(=O)Nc1cc(NC(=O)[C@@H](N)C(C)(C)C)ccc1C.Cl. The molecule has 118 valence electrons. The van der Waals surface area contributed by atoms with Crippen molar-refractivity contribution in [3.05, 3.63) is 23.8 Å². The average Bonchev–Trinajstić information content (AvgIpc) is 2.30. The second-order valence-corrected chi connectivity index (χ2v) is 6.04. The number of amides is 2. The van der Waals surface area contributed by atoms with Gasteiger partial charge in [0.1, 0.15) is 0 Å². The number of carbonyl (C=O) groups excluding carboxylic acids is 2. The summed E-state index contributed by atoms with van der Waals surface area (Å²) in [6.45, 7) is 9.07. The van der Waals surface area contributed by atoms with E-state index in [0.717, 1.165) is 5.56 Å². The Bertz CT molecular complexity index is 524. The first-order chi connectivity index (χ1) is 9.11. The number of aryl methyl sites for hydroxylation is 1. The highest BCUT2D eigenvalue weighted by Crippen LogP contribution is 2.22. The lowest BCUT2D eigenvalue weighted by atomic mass is 9.87. The summed E-state index contributed by atoms with van der Waals surface area (Å²) in [5, 5.41) is 5.50. The summed E-state index contributed by atoms with van der Waals surface area (Å²) in [7, 11) is 0. The molecule has 0 saturated heterocycles. The van der Waals surface area contributed by atoms with E-state index in [4.69, 9.17) is 5.73 Å². The highest BCUT2D eigenvalue weighted by molar-refractivity contribution is 5.96. The molecule has 0 radical (unpaired) electrons. The Labute approximate surface area is 132 Å². The van der Waals surface area contributed by atoms with Gasteiger partial charge in [-0.25, -0.2) is 0 Å². The van der Waals surface area contributed by atoms with Crippen LogP contribution < -0.4 is 16.4 Å². The Morgan fingerprint density at radius 2 is 1.76 bits per heavy atom. The molecule has 21 heavy (non-hydrogen) atoms. The first kappa shape index (κ1) is 19.4. The van der Waals surface area contributed by atoms with E-state index in [1.165, 1.54) is 6.92 Å². The summed E-state index contributed by atoms with van der Waals surface area (Å²) < 4.78 is 0. The minimum Gasteiger partial charge on any atom is -0.326 e. The van der Waals surface area contributed by atoms with Crippen molar-refractivity contribution >= 4 is 35.6 Å². The van der Waals surface area contributed by atoms with Crippen molar-refractivity contribution in [3.63, 3.8) is 0 Å². The first-order valence-corrected chi connectivity index (χ1v) is 6.56. The lowest BCUT2D eigenvalue weighted by Gasteiger charge is -2.26. The van der Waals surface area contributed by atoms with E-state index in [9.17, 15) is 9.59 Å². The van der Waals surface area contributed by atoms with E-state index < -0.39 is 6.04 Å². The lowest BCUT2D eigenvalue weighted by Crippen LogP contribution is -2.45. The zero-order chi connectivity index (χ0) is 15.5. The van der Waals surface area contributed by atoms with Crippen LogP contribution in [0.3, 0.4) is 0 Å². The largest absolute Gasteiger partial charge is 0.326 e. The molecule has 0 aliphatic carbocycles. The molecule has 0 aliphatic heterocycles. The Morgan fingerprint density at radius 1 is 1.19 bits per heavy atom. The van der Waals surface area contributed by atoms with E-state index in [1.54, 1.807) is 12.1 Å². The van der Waals surface area contributed by atoms with Crippen molar-refractivity contribution in [2.45, 2.75) is 40.7 Å². The molecule has 2 amide bonds. The number of carbonyl (C=O) groups is 2. The Kier molecular flexibility index (Phi) is 6.86. The molecule has 0 bridgehead atoms. The van der Waals surface area contributed by atoms with E-state index >= 15 is 0 Å². The molecule has 0 spiro atoms. The number of halogens is 1. The number of nitrogens with two attached hydrogens (primary N) is 1. The molecule has 1 aromatic carbocycles. The van der Waals surface area contributed by atoms with Gasteiger partial charge in [0.25, 0.3) is 0 Å². The fourth-order valence-corrected chi connectivity index (χ4v) is 1.64. The summed E-state index contributed by atoms with van der Waals surface area (Å²) in [5.41, 5.74) is 7.82. The molecular formula is C15H24ClN3O2. The van der Waals surface area contributed by atoms with Gasteiger partial charge >= 0.3 is 0 Å². The molecule has 1 atom stereocenters. The van der Waals surface area contributed by atoms with Gasteiger partial charge in [-0.2, -0.15) is 0 Å². The number of hydrogen-bond donors (Lipinski definition) is 3. The number of rotatable bonds is 3.